The Hall–Kier alpha value is -1.84. The minimum atomic E-state index is -0.0974. The molecule has 0 fully saturated rings. The van der Waals surface area contributed by atoms with Crippen molar-refractivity contribution in [3.8, 4) is 0 Å². The first-order valence-corrected chi connectivity index (χ1v) is 4.88. The maximum Gasteiger partial charge on any atom is 0.169 e. The number of hydrogen-bond donors (Lipinski definition) is 1. The largest absolute Gasteiger partial charge is 0.375 e. The van der Waals surface area contributed by atoms with E-state index in [0.29, 0.717) is 0 Å². The summed E-state index contributed by atoms with van der Waals surface area (Å²) in [7, 11) is 0. The van der Waals surface area contributed by atoms with Gasteiger partial charge in [0, 0.05) is 23.6 Å². The van der Waals surface area contributed by atoms with Crippen LogP contribution in [0.5, 0.6) is 0 Å². The number of benzene rings is 1. The third-order valence-corrected chi connectivity index (χ3v) is 2.82. The first kappa shape index (κ1) is 8.47. The molecule has 0 spiro atoms. The van der Waals surface area contributed by atoms with Crippen molar-refractivity contribution >= 4 is 22.9 Å². The van der Waals surface area contributed by atoms with Crippen LogP contribution in [0.25, 0.3) is 11.0 Å². The van der Waals surface area contributed by atoms with Crippen LogP contribution in [-0.2, 0) is 11.2 Å². The van der Waals surface area contributed by atoms with E-state index in [2.05, 4.69) is 10.5 Å². The van der Waals surface area contributed by atoms with Crippen LogP contribution in [-0.4, -0.2) is 17.5 Å². The molecular weight excluding hydrogens is 192 g/mol. The Balaban J connectivity index is 2.19. The lowest BCUT2D eigenvalue weighted by Crippen LogP contribution is -2.16. The second-order valence-corrected chi connectivity index (χ2v) is 3.86. The minimum Gasteiger partial charge on any atom is -0.375 e. The van der Waals surface area contributed by atoms with Gasteiger partial charge < -0.3 is 14.6 Å². The maximum absolute atomic E-state index is 10.7. The van der Waals surface area contributed by atoms with Crippen molar-refractivity contribution in [2.24, 2.45) is 0 Å². The number of rotatable bonds is 1. The Morgan fingerprint density at radius 3 is 3.27 bits per heavy atom. The second kappa shape index (κ2) is 2.82. The Labute approximate surface area is 86.2 Å². The van der Waals surface area contributed by atoms with E-state index in [9.17, 15) is 4.79 Å². The Kier molecular flexibility index (Phi) is 1.59. The number of aldehydes is 1. The van der Waals surface area contributed by atoms with Gasteiger partial charge in [0.15, 0.2) is 5.58 Å². The molecule has 4 nitrogen and oxygen atoms in total. The van der Waals surface area contributed by atoms with E-state index in [-0.39, 0.29) is 6.04 Å². The molecule has 0 saturated heterocycles. The molecule has 0 amide bonds. The van der Waals surface area contributed by atoms with Crippen LogP contribution < -0.4 is 5.32 Å². The van der Waals surface area contributed by atoms with Crippen molar-refractivity contribution in [2.75, 3.05) is 5.32 Å². The molecule has 76 valence electrons. The van der Waals surface area contributed by atoms with Crippen LogP contribution in [0.4, 0.5) is 5.69 Å². The minimum absolute atomic E-state index is 0.0974. The Bertz CT molecular complexity index is 545. The highest BCUT2D eigenvalue weighted by Gasteiger charge is 2.21. The van der Waals surface area contributed by atoms with E-state index in [1.54, 1.807) is 0 Å². The summed E-state index contributed by atoms with van der Waals surface area (Å²) < 4.78 is 5.16. The first-order chi connectivity index (χ1) is 7.28. The molecule has 1 aliphatic rings. The normalized spacial score (nSPS) is 18.9. The maximum atomic E-state index is 10.7. The average molecular weight is 202 g/mol. The summed E-state index contributed by atoms with van der Waals surface area (Å²) in [6.07, 6.45) is 1.69. The summed E-state index contributed by atoms with van der Waals surface area (Å²) >= 11 is 0. The number of anilines is 1. The zero-order valence-corrected chi connectivity index (χ0v) is 8.28. The van der Waals surface area contributed by atoms with E-state index < -0.39 is 0 Å². The van der Waals surface area contributed by atoms with Crippen LogP contribution in [0.3, 0.4) is 0 Å². The Morgan fingerprint density at radius 2 is 2.47 bits per heavy atom. The topological polar surface area (TPSA) is 55.1 Å². The van der Waals surface area contributed by atoms with Crippen molar-refractivity contribution in [3.63, 3.8) is 0 Å². The van der Waals surface area contributed by atoms with Gasteiger partial charge in [0.1, 0.15) is 6.29 Å². The standard InChI is InChI=1S/C11H10N2O2/c1-6-9-3-7-2-8(5-14)12-10(7)4-11(9)15-13-6/h3-5,8,12H,2H2,1H3. The van der Waals surface area contributed by atoms with Crippen molar-refractivity contribution in [3.05, 3.63) is 23.4 Å². The van der Waals surface area contributed by atoms with Gasteiger partial charge in [-0.2, -0.15) is 0 Å². The molecule has 1 aliphatic heterocycles. The van der Waals surface area contributed by atoms with Crippen molar-refractivity contribution in [2.45, 2.75) is 19.4 Å². The molecule has 1 N–H and O–H groups in total. The van der Waals surface area contributed by atoms with Crippen LogP contribution in [0.15, 0.2) is 16.7 Å². The molecule has 0 saturated carbocycles. The lowest BCUT2D eigenvalue weighted by atomic mass is 10.1. The fourth-order valence-electron chi connectivity index (χ4n) is 2.02. The smallest absolute Gasteiger partial charge is 0.169 e. The molecule has 0 bridgehead atoms. The Morgan fingerprint density at radius 1 is 1.60 bits per heavy atom. The summed E-state index contributed by atoms with van der Waals surface area (Å²) in [6.45, 7) is 1.91. The zero-order chi connectivity index (χ0) is 10.4. The van der Waals surface area contributed by atoms with Gasteiger partial charge in [-0.15, -0.1) is 0 Å². The summed E-state index contributed by atoms with van der Waals surface area (Å²) in [5, 5.41) is 8.06. The summed E-state index contributed by atoms with van der Waals surface area (Å²) in [5.74, 6) is 0. The van der Waals surface area contributed by atoms with Gasteiger partial charge >= 0.3 is 0 Å². The molecule has 0 radical (unpaired) electrons. The van der Waals surface area contributed by atoms with E-state index >= 15 is 0 Å². The fourth-order valence-corrected chi connectivity index (χ4v) is 2.02. The van der Waals surface area contributed by atoms with Crippen LogP contribution >= 0.6 is 0 Å². The molecular formula is C11H10N2O2. The number of nitrogens with zero attached hydrogens (tertiary/aromatic N) is 1. The SMILES string of the molecule is Cc1noc2cc3c(cc12)CC(C=O)N3. The van der Waals surface area contributed by atoms with Gasteiger partial charge in [0.2, 0.25) is 0 Å². The van der Waals surface area contributed by atoms with Crippen molar-refractivity contribution in [1.82, 2.24) is 5.16 Å². The molecule has 0 aliphatic carbocycles. The lowest BCUT2D eigenvalue weighted by molar-refractivity contribution is -0.108. The third kappa shape index (κ3) is 1.14. The second-order valence-electron chi connectivity index (χ2n) is 3.86. The predicted molar refractivity (Wildman–Crippen MR) is 55.9 cm³/mol. The van der Waals surface area contributed by atoms with E-state index in [0.717, 1.165) is 40.6 Å². The number of hydrogen-bond acceptors (Lipinski definition) is 4. The zero-order valence-electron chi connectivity index (χ0n) is 8.28. The lowest BCUT2D eigenvalue weighted by Gasteiger charge is -2.00. The molecule has 1 aromatic carbocycles. The van der Waals surface area contributed by atoms with E-state index in [1.807, 2.05) is 19.1 Å². The highest BCUT2D eigenvalue weighted by atomic mass is 16.5. The molecule has 4 heteroatoms. The number of carbonyl (C=O) groups is 1. The third-order valence-electron chi connectivity index (χ3n) is 2.82. The molecule has 3 rings (SSSR count). The van der Waals surface area contributed by atoms with Crippen molar-refractivity contribution < 1.29 is 9.32 Å². The van der Waals surface area contributed by atoms with Gasteiger partial charge in [-0.3, -0.25) is 0 Å². The fraction of sp³-hybridized carbons (Fsp3) is 0.273. The summed E-state index contributed by atoms with van der Waals surface area (Å²) in [5.41, 5.74) is 3.80. The van der Waals surface area contributed by atoms with E-state index in [1.165, 1.54) is 0 Å². The van der Waals surface area contributed by atoms with Gasteiger partial charge in [0.05, 0.1) is 11.7 Å². The number of aryl methyl sites for hydroxylation is 1. The first-order valence-electron chi connectivity index (χ1n) is 4.88. The van der Waals surface area contributed by atoms with Gasteiger partial charge in [-0.25, -0.2) is 0 Å². The number of nitrogens with one attached hydrogen (secondary N) is 1. The number of fused-ring (bicyclic) bond motifs is 2. The molecule has 1 unspecified atom stereocenters. The van der Waals surface area contributed by atoms with Gasteiger partial charge in [-0.1, -0.05) is 5.16 Å². The van der Waals surface area contributed by atoms with Crippen molar-refractivity contribution in [1.29, 1.82) is 0 Å². The highest BCUT2D eigenvalue weighted by Crippen LogP contribution is 2.31. The molecule has 15 heavy (non-hydrogen) atoms. The van der Waals surface area contributed by atoms with E-state index in [4.69, 9.17) is 4.52 Å². The van der Waals surface area contributed by atoms with Gasteiger partial charge in [-0.05, 0) is 18.6 Å². The molecule has 1 atom stereocenters. The summed E-state index contributed by atoms with van der Waals surface area (Å²) in [4.78, 5) is 10.7. The van der Waals surface area contributed by atoms with Crippen LogP contribution in [0.2, 0.25) is 0 Å². The quantitative estimate of drug-likeness (QED) is 0.715. The molecule has 2 aromatic rings. The van der Waals surface area contributed by atoms with Gasteiger partial charge in [0.25, 0.3) is 0 Å². The molecule has 2 heterocycles. The monoisotopic (exact) mass is 202 g/mol. The molecule has 1 aromatic heterocycles. The van der Waals surface area contributed by atoms with Crippen LogP contribution in [0, 0.1) is 6.92 Å². The average Bonchev–Trinajstić information content (AvgIpc) is 2.79. The number of aromatic nitrogens is 1. The predicted octanol–water partition coefficient (Wildman–Crippen LogP) is 1.67. The number of carbonyl (C=O) groups excluding carboxylic acids is 1. The highest BCUT2D eigenvalue weighted by molar-refractivity contribution is 5.87. The van der Waals surface area contributed by atoms with Crippen LogP contribution in [0.1, 0.15) is 11.3 Å². The summed E-state index contributed by atoms with van der Waals surface area (Å²) in [6, 6.07) is 3.86.